The van der Waals surface area contributed by atoms with Crippen LogP contribution in [-0.2, 0) is 0 Å². The van der Waals surface area contributed by atoms with E-state index in [4.69, 9.17) is 0 Å². The van der Waals surface area contributed by atoms with Gasteiger partial charge in [0.15, 0.2) is 0 Å². The second-order valence-electron chi connectivity index (χ2n) is 3.53. The van der Waals surface area contributed by atoms with Gasteiger partial charge in [0.25, 0.3) is 5.91 Å². The quantitative estimate of drug-likeness (QED) is 0.789. The minimum Gasteiger partial charge on any atom is -0.296 e. The van der Waals surface area contributed by atoms with Crippen LogP contribution in [0.3, 0.4) is 0 Å². The first-order valence-electron chi connectivity index (χ1n) is 5.14. The average Bonchev–Trinajstić information content (AvgIpc) is 2.39. The Bertz CT molecular complexity index is 528. The molecule has 3 nitrogen and oxygen atoms in total. The summed E-state index contributed by atoms with van der Waals surface area (Å²) in [4.78, 5) is 18.0. The smallest absolute Gasteiger partial charge is 0.260 e. The van der Waals surface area contributed by atoms with E-state index in [0.29, 0.717) is 11.4 Å². The second-order valence-corrected chi connectivity index (χ2v) is 4.69. The Labute approximate surface area is 114 Å². The first-order valence-corrected chi connectivity index (χ1v) is 6.21. The van der Waals surface area contributed by atoms with Crippen LogP contribution >= 0.6 is 22.6 Å². The predicted molar refractivity (Wildman–Crippen MR) is 76.1 cm³/mol. The van der Waals surface area contributed by atoms with E-state index >= 15 is 0 Å². The van der Waals surface area contributed by atoms with Crippen molar-refractivity contribution in [1.29, 1.82) is 0 Å². The molecule has 0 atom stereocenters. The fourth-order valence-corrected chi connectivity index (χ4v) is 2.09. The highest BCUT2D eigenvalue weighted by molar-refractivity contribution is 14.1. The number of hydrogen-bond acceptors (Lipinski definition) is 2. The van der Waals surface area contributed by atoms with Crippen molar-refractivity contribution in [2.45, 2.75) is 0 Å². The third-order valence-electron chi connectivity index (χ3n) is 2.40. The summed E-state index contributed by atoms with van der Waals surface area (Å²) < 4.78 is 0.942. The molecular formula is C13H11IN2O. The summed E-state index contributed by atoms with van der Waals surface area (Å²) >= 11 is 2.16. The van der Waals surface area contributed by atoms with Crippen molar-refractivity contribution in [3.8, 4) is 0 Å². The number of pyridine rings is 1. The zero-order chi connectivity index (χ0) is 12.3. The first kappa shape index (κ1) is 12.0. The monoisotopic (exact) mass is 338 g/mol. The van der Waals surface area contributed by atoms with Crippen LogP contribution in [0.15, 0.2) is 48.7 Å². The van der Waals surface area contributed by atoms with Gasteiger partial charge in [-0.2, -0.15) is 0 Å². The van der Waals surface area contributed by atoms with Gasteiger partial charge in [-0.1, -0.05) is 18.2 Å². The number of nitrogens with zero attached hydrogens (tertiary/aromatic N) is 2. The molecule has 1 aromatic carbocycles. The van der Waals surface area contributed by atoms with Crippen LogP contribution in [0.5, 0.6) is 0 Å². The number of aromatic nitrogens is 1. The minimum absolute atomic E-state index is 0.0475. The van der Waals surface area contributed by atoms with Crippen LogP contribution in [0.25, 0.3) is 0 Å². The van der Waals surface area contributed by atoms with Crippen LogP contribution in [0, 0.1) is 3.57 Å². The van der Waals surface area contributed by atoms with E-state index in [1.807, 2.05) is 42.5 Å². The molecule has 17 heavy (non-hydrogen) atoms. The summed E-state index contributed by atoms with van der Waals surface area (Å²) in [6.07, 6.45) is 1.68. The molecule has 0 N–H and O–H groups in total. The lowest BCUT2D eigenvalue weighted by atomic mass is 10.2. The highest BCUT2D eigenvalue weighted by Gasteiger charge is 2.16. The molecule has 1 heterocycles. The van der Waals surface area contributed by atoms with Crippen molar-refractivity contribution in [3.05, 3.63) is 57.8 Å². The van der Waals surface area contributed by atoms with Crippen LogP contribution in [0.4, 0.5) is 5.82 Å². The van der Waals surface area contributed by atoms with Gasteiger partial charge in [0, 0.05) is 16.8 Å². The van der Waals surface area contributed by atoms with Crippen molar-refractivity contribution < 1.29 is 4.79 Å². The van der Waals surface area contributed by atoms with Crippen LogP contribution in [0.1, 0.15) is 10.4 Å². The normalized spacial score (nSPS) is 10.0. The van der Waals surface area contributed by atoms with E-state index in [1.54, 1.807) is 18.1 Å². The maximum Gasteiger partial charge on any atom is 0.260 e. The number of halogens is 1. The molecule has 0 saturated heterocycles. The molecule has 0 radical (unpaired) electrons. The van der Waals surface area contributed by atoms with Crippen molar-refractivity contribution in [2.75, 3.05) is 11.9 Å². The number of carbonyl (C=O) groups excluding carboxylic acids is 1. The molecule has 86 valence electrons. The van der Waals surface area contributed by atoms with Gasteiger partial charge in [-0.15, -0.1) is 0 Å². The van der Waals surface area contributed by atoms with Gasteiger partial charge in [-0.25, -0.2) is 4.98 Å². The third kappa shape index (κ3) is 2.63. The van der Waals surface area contributed by atoms with Crippen molar-refractivity contribution in [3.63, 3.8) is 0 Å². The molecule has 4 heteroatoms. The number of amides is 1. The third-order valence-corrected chi connectivity index (χ3v) is 3.34. The number of carbonyl (C=O) groups is 1. The molecule has 0 aliphatic heterocycles. The molecular weight excluding hydrogens is 327 g/mol. The number of anilines is 1. The van der Waals surface area contributed by atoms with Crippen LogP contribution in [0.2, 0.25) is 0 Å². The Morgan fingerprint density at radius 2 is 1.88 bits per heavy atom. The van der Waals surface area contributed by atoms with Crippen LogP contribution in [-0.4, -0.2) is 17.9 Å². The molecule has 0 fully saturated rings. The zero-order valence-corrected chi connectivity index (χ0v) is 11.5. The Morgan fingerprint density at radius 1 is 1.18 bits per heavy atom. The fourth-order valence-electron chi connectivity index (χ4n) is 1.47. The predicted octanol–water partition coefficient (Wildman–Crippen LogP) is 2.96. The molecule has 0 saturated carbocycles. The molecule has 1 aromatic heterocycles. The summed E-state index contributed by atoms with van der Waals surface area (Å²) in [6, 6.07) is 13.0. The first-order chi connectivity index (χ1) is 8.20. The Morgan fingerprint density at radius 3 is 2.53 bits per heavy atom. The highest BCUT2D eigenvalue weighted by atomic mass is 127. The molecule has 2 aromatic rings. The molecule has 0 spiro atoms. The van der Waals surface area contributed by atoms with E-state index in [1.165, 1.54) is 0 Å². The number of rotatable bonds is 2. The van der Waals surface area contributed by atoms with Gasteiger partial charge in [-0.3, -0.25) is 9.69 Å². The van der Waals surface area contributed by atoms with Gasteiger partial charge < -0.3 is 0 Å². The Balaban J connectivity index is 2.30. The van der Waals surface area contributed by atoms with Crippen molar-refractivity contribution in [2.24, 2.45) is 0 Å². The summed E-state index contributed by atoms with van der Waals surface area (Å²) in [7, 11) is 1.73. The summed E-state index contributed by atoms with van der Waals surface area (Å²) in [5.74, 6) is 0.603. The minimum atomic E-state index is -0.0475. The van der Waals surface area contributed by atoms with Crippen molar-refractivity contribution in [1.82, 2.24) is 4.98 Å². The van der Waals surface area contributed by atoms with Gasteiger partial charge in [-0.05, 0) is 46.9 Å². The zero-order valence-electron chi connectivity index (χ0n) is 9.30. The van der Waals surface area contributed by atoms with E-state index in [2.05, 4.69) is 27.6 Å². The molecule has 1 amide bonds. The molecule has 2 rings (SSSR count). The van der Waals surface area contributed by atoms with E-state index in [0.717, 1.165) is 3.57 Å². The number of hydrogen-bond donors (Lipinski definition) is 0. The van der Waals surface area contributed by atoms with E-state index < -0.39 is 0 Å². The van der Waals surface area contributed by atoms with Crippen molar-refractivity contribution >= 4 is 34.3 Å². The van der Waals surface area contributed by atoms with E-state index in [-0.39, 0.29) is 5.91 Å². The number of benzene rings is 1. The lowest BCUT2D eigenvalue weighted by molar-refractivity contribution is 0.0991. The SMILES string of the molecule is CN(C(=O)c1ccccc1I)c1ccccn1. The Kier molecular flexibility index (Phi) is 3.73. The van der Waals surface area contributed by atoms with Gasteiger partial charge in [0.1, 0.15) is 5.82 Å². The largest absolute Gasteiger partial charge is 0.296 e. The Hall–Kier alpha value is -1.43. The van der Waals surface area contributed by atoms with E-state index in [9.17, 15) is 4.79 Å². The standard InChI is InChI=1S/C13H11IN2O/c1-16(12-8-4-5-9-15-12)13(17)10-6-2-3-7-11(10)14/h2-9H,1H3. The van der Waals surface area contributed by atoms with Crippen LogP contribution < -0.4 is 4.90 Å². The van der Waals surface area contributed by atoms with Gasteiger partial charge in [0.05, 0.1) is 5.56 Å². The maximum absolute atomic E-state index is 12.2. The summed E-state index contributed by atoms with van der Waals surface area (Å²) in [6.45, 7) is 0. The lowest BCUT2D eigenvalue weighted by Crippen LogP contribution is -2.27. The second kappa shape index (κ2) is 5.27. The molecule has 0 unspecified atom stereocenters. The molecule has 0 aliphatic carbocycles. The summed E-state index contributed by atoms with van der Waals surface area (Å²) in [5, 5.41) is 0. The van der Waals surface area contributed by atoms with Gasteiger partial charge >= 0.3 is 0 Å². The fraction of sp³-hybridized carbons (Fsp3) is 0.0769. The lowest BCUT2D eigenvalue weighted by Gasteiger charge is -2.16. The average molecular weight is 338 g/mol. The topological polar surface area (TPSA) is 33.2 Å². The molecule has 0 aliphatic rings. The molecule has 0 bridgehead atoms. The maximum atomic E-state index is 12.2. The highest BCUT2D eigenvalue weighted by Crippen LogP contribution is 2.16. The summed E-state index contributed by atoms with van der Waals surface area (Å²) in [5.41, 5.74) is 0.696. The van der Waals surface area contributed by atoms with Gasteiger partial charge in [0.2, 0.25) is 0 Å².